The summed E-state index contributed by atoms with van der Waals surface area (Å²) in [5.74, 6) is 0.663. The van der Waals surface area contributed by atoms with Crippen molar-refractivity contribution in [3.05, 3.63) is 188 Å². The molecule has 11 aromatic rings. The summed E-state index contributed by atoms with van der Waals surface area (Å²) in [6.07, 6.45) is 0. The van der Waals surface area contributed by atoms with Crippen molar-refractivity contribution >= 4 is 53.4 Å². The largest absolute Gasteiger partial charge is 0.456 e. The Balaban J connectivity index is 1.18. The molecule has 11 rings (SSSR count). The van der Waals surface area contributed by atoms with Crippen LogP contribution in [-0.4, -0.2) is 15.0 Å². The van der Waals surface area contributed by atoms with E-state index in [4.69, 9.17) is 22.1 Å². The van der Waals surface area contributed by atoms with Gasteiger partial charge in [-0.2, -0.15) is 0 Å². The summed E-state index contributed by atoms with van der Waals surface area (Å²) < 4.78 is 63.4. The fourth-order valence-corrected chi connectivity index (χ4v) is 8.51. The molecule has 0 atom stereocenters. The van der Waals surface area contributed by atoms with E-state index in [9.17, 15) is 5.48 Å². The van der Waals surface area contributed by atoms with E-state index >= 15 is 0 Å². The zero-order chi connectivity index (χ0) is 42.2. The second kappa shape index (κ2) is 13.3. The number of aromatic nitrogens is 3. The number of hydrogen-bond donors (Lipinski definition) is 0. The lowest BCUT2D eigenvalue weighted by atomic mass is 9.92. The maximum atomic E-state index is 9.78. The number of para-hydroxylation sites is 1. The summed E-state index contributed by atoms with van der Waals surface area (Å²) in [5, 5.41) is 2.62. The van der Waals surface area contributed by atoms with E-state index in [0.717, 1.165) is 49.9 Å². The molecule has 0 radical (unpaired) electrons. The number of nitrogens with zero attached hydrogens (tertiary/aromatic N) is 3. The molecule has 56 heavy (non-hydrogen) atoms. The topological polar surface area (TPSA) is 51.8 Å². The molecule has 3 heterocycles. The molecule has 0 saturated carbocycles. The average molecular weight is 740 g/mol. The first-order chi connectivity index (χ1) is 30.3. The van der Waals surface area contributed by atoms with Crippen molar-refractivity contribution in [2.24, 2.45) is 0 Å². The average Bonchev–Trinajstić information content (AvgIpc) is 3.91. The third-order valence-corrected chi connectivity index (χ3v) is 11.1. The highest BCUT2D eigenvalue weighted by Crippen LogP contribution is 2.44. The van der Waals surface area contributed by atoms with Crippen molar-refractivity contribution in [3.63, 3.8) is 0 Å². The van der Waals surface area contributed by atoms with Gasteiger partial charge >= 0.3 is 0 Å². The van der Waals surface area contributed by atoms with Crippen LogP contribution in [0, 0.1) is 0 Å². The van der Waals surface area contributed by atoms with Gasteiger partial charge in [-0.15, -0.1) is 11.3 Å². The van der Waals surface area contributed by atoms with Crippen molar-refractivity contribution < 1.29 is 12.6 Å². The fourth-order valence-electron chi connectivity index (χ4n) is 7.49. The lowest BCUT2D eigenvalue weighted by Gasteiger charge is -2.12. The van der Waals surface area contributed by atoms with E-state index in [1.807, 2.05) is 152 Å². The van der Waals surface area contributed by atoms with Gasteiger partial charge < -0.3 is 4.42 Å². The van der Waals surface area contributed by atoms with Gasteiger partial charge in [0.05, 0.1) is 8.22 Å². The molecule has 262 valence electrons. The molecule has 0 N–H and O–H groups in total. The number of benzene rings is 8. The Morgan fingerprint density at radius 1 is 0.411 bits per heavy atom. The molecule has 0 fully saturated rings. The Labute approximate surface area is 335 Å². The minimum Gasteiger partial charge on any atom is -0.456 e. The molecule has 3 aromatic heterocycles. The van der Waals surface area contributed by atoms with Crippen LogP contribution in [0.3, 0.4) is 0 Å². The number of furan rings is 1. The Hall–Kier alpha value is -7.21. The second-order valence-corrected chi connectivity index (χ2v) is 14.5. The summed E-state index contributed by atoms with van der Waals surface area (Å²) in [7, 11) is 0. The normalized spacial score (nSPS) is 13.1. The summed E-state index contributed by atoms with van der Waals surface area (Å²) >= 11 is 1.12. The minimum atomic E-state index is -0.272. The summed E-state index contributed by atoms with van der Waals surface area (Å²) in [6, 6.07) is 47.6. The van der Waals surface area contributed by atoms with Gasteiger partial charge in [0.15, 0.2) is 17.5 Å². The Kier molecular flexibility index (Phi) is 6.29. The summed E-state index contributed by atoms with van der Waals surface area (Å²) in [4.78, 5) is 14.9. The predicted molar refractivity (Wildman–Crippen MR) is 233 cm³/mol. The number of hydrogen-bond acceptors (Lipinski definition) is 5. The molecule has 0 unspecified atom stereocenters. The lowest BCUT2D eigenvalue weighted by Crippen LogP contribution is -2.00. The molecule has 0 bridgehead atoms. The van der Waals surface area contributed by atoms with Crippen LogP contribution in [-0.2, 0) is 0 Å². The lowest BCUT2D eigenvalue weighted by molar-refractivity contribution is 0.669. The van der Waals surface area contributed by atoms with Gasteiger partial charge in [0, 0.05) is 47.6 Å². The Morgan fingerprint density at radius 3 is 1.77 bits per heavy atom. The number of rotatable bonds is 6. The van der Waals surface area contributed by atoms with Crippen LogP contribution in [0.1, 0.15) is 8.22 Å². The monoisotopic (exact) mass is 739 g/mol. The highest BCUT2D eigenvalue weighted by atomic mass is 32.1. The first kappa shape index (κ1) is 26.5. The van der Waals surface area contributed by atoms with Crippen molar-refractivity contribution in [2.75, 3.05) is 0 Å². The first-order valence-electron chi connectivity index (χ1n) is 21.2. The van der Waals surface area contributed by atoms with Crippen LogP contribution in [0.4, 0.5) is 0 Å². The van der Waals surface area contributed by atoms with E-state index < -0.39 is 0 Å². The molecule has 0 aliphatic rings. The standard InChI is InChI=1S/C51H31N3OS/c1-4-15-32(16-5-1)37-21-10-11-22-38(37)39-24-14-26-45-48(39)41-28-27-35(31-46(41)56-45)50-52-49(34-19-8-3-9-20-34)53-51(54-50)36-29-42(33-17-6-2-7-18-33)47-40-23-12-13-25-43(40)55-44(47)30-36/h1-31H/i14D,24D,26D,27D,28D,31D. The van der Waals surface area contributed by atoms with Crippen molar-refractivity contribution in [1.29, 1.82) is 0 Å². The predicted octanol–water partition coefficient (Wildman–Crippen LogP) is 14.1. The van der Waals surface area contributed by atoms with Crippen LogP contribution < -0.4 is 0 Å². The van der Waals surface area contributed by atoms with Crippen molar-refractivity contribution in [1.82, 2.24) is 15.0 Å². The molecule has 0 amide bonds. The molecule has 8 aromatic carbocycles. The van der Waals surface area contributed by atoms with Crippen molar-refractivity contribution in [3.8, 4) is 67.5 Å². The molecule has 0 aliphatic heterocycles. The molecule has 5 heteroatoms. The van der Waals surface area contributed by atoms with Crippen molar-refractivity contribution in [2.45, 2.75) is 0 Å². The van der Waals surface area contributed by atoms with Crippen LogP contribution in [0.2, 0.25) is 0 Å². The van der Waals surface area contributed by atoms with Crippen LogP contribution >= 0.6 is 11.3 Å². The van der Waals surface area contributed by atoms with Crippen LogP contribution in [0.15, 0.2) is 192 Å². The van der Waals surface area contributed by atoms with Gasteiger partial charge in [0.25, 0.3) is 0 Å². The van der Waals surface area contributed by atoms with Gasteiger partial charge in [-0.25, -0.2) is 15.0 Å². The van der Waals surface area contributed by atoms with Gasteiger partial charge in [0.1, 0.15) is 11.2 Å². The molecule has 0 spiro atoms. The maximum Gasteiger partial charge on any atom is 0.164 e. The van der Waals surface area contributed by atoms with Gasteiger partial charge in [-0.3, -0.25) is 0 Å². The molecule has 4 nitrogen and oxygen atoms in total. The van der Waals surface area contributed by atoms with E-state index in [0.29, 0.717) is 54.3 Å². The Bertz CT molecular complexity index is 3590. The van der Waals surface area contributed by atoms with Gasteiger partial charge in [0.2, 0.25) is 0 Å². The quantitative estimate of drug-likeness (QED) is 0.170. The zero-order valence-electron chi connectivity index (χ0n) is 35.6. The highest BCUT2D eigenvalue weighted by molar-refractivity contribution is 7.26. The van der Waals surface area contributed by atoms with Gasteiger partial charge in [-0.05, 0) is 63.7 Å². The third kappa shape index (κ3) is 5.48. The van der Waals surface area contributed by atoms with E-state index in [-0.39, 0.29) is 53.0 Å². The van der Waals surface area contributed by atoms with Gasteiger partial charge in [-0.1, -0.05) is 158 Å². The van der Waals surface area contributed by atoms with E-state index in [2.05, 4.69) is 0 Å². The molecule has 0 saturated heterocycles. The number of fused-ring (bicyclic) bond motifs is 6. The maximum absolute atomic E-state index is 9.78. The smallest absolute Gasteiger partial charge is 0.164 e. The first-order valence-corrected chi connectivity index (χ1v) is 19.0. The SMILES string of the molecule is [2H]c1c([2H])c(-c2ccccc2-c2ccccc2)c2c(sc3c([2H])c(-c4nc(-c5ccccc5)nc(-c5cc(-c6ccccc6)c6c(c5)oc5ccccc56)n4)c([2H])c([2H])c32)c1[2H]. The fraction of sp³-hybridized carbons (Fsp3) is 0. The third-order valence-electron chi connectivity index (χ3n) is 10.1. The molecule has 0 aliphatic carbocycles. The summed E-state index contributed by atoms with van der Waals surface area (Å²) in [5.41, 5.74) is 7.43. The van der Waals surface area contributed by atoms with Crippen LogP contribution in [0.5, 0.6) is 0 Å². The minimum absolute atomic E-state index is 0.0398. The van der Waals surface area contributed by atoms with Crippen LogP contribution in [0.25, 0.3) is 110 Å². The second-order valence-electron chi connectivity index (χ2n) is 13.5. The molecular formula is C51H31N3OS. The summed E-state index contributed by atoms with van der Waals surface area (Å²) in [6.45, 7) is 0. The Morgan fingerprint density at radius 2 is 1.02 bits per heavy atom. The highest BCUT2D eigenvalue weighted by Gasteiger charge is 2.20. The zero-order valence-corrected chi connectivity index (χ0v) is 30.4. The van der Waals surface area contributed by atoms with E-state index in [1.54, 1.807) is 0 Å². The number of thiophene rings is 1. The van der Waals surface area contributed by atoms with E-state index in [1.165, 1.54) is 0 Å². The molecular weight excluding hydrogens is 703 g/mol.